The zero-order valence-electron chi connectivity index (χ0n) is 13.1. The van der Waals surface area contributed by atoms with Crippen molar-refractivity contribution < 1.29 is 14.6 Å². The van der Waals surface area contributed by atoms with E-state index in [1.807, 2.05) is 29.8 Å². The SMILES string of the molecule is CCOc1ccc(CC)cc1-c1cn2cc(CC(=O)O)sc2n1. The number of hydrogen-bond acceptors (Lipinski definition) is 4. The minimum Gasteiger partial charge on any atom is -0.493 e. The van der Waals surface area contributed by atoms with Crippen LogP contribution in [0.5, 0.6) is 5.75 Å². The molecule has 2 aromatic heterocycles. The third kappa shape index (κ3) is 3.22. The first-order chi connectivity index (χ1) is 11.1. The molecule has 0 radical (unpaired) electrons. The molecule has 3 rings (SSSR count). The molecule has 23 heavy (non-hydrogen) atoms. The molecule has 0 aliphatic heterocycles. The summed E-state index contributed by atoms with van der Waals surface area (Å²) in [6.07, 6.45) is 4.73. The second-order valence-corrected chi connectivity index (χ2v) is 6.29. The summed E-state index contributed by atoms with van der Waals surface area (Å²) in [5.74, 6) is -0.00906. The fraction of sp³-hybridized carbons (Fsp3) is 0.294. The summed E-state index contributed by atoms with van der Waals surface area (Å²) in [6.45, 7) is 4.67. The first-order valence-corrected chi connectivity index (χ1v) is 8.37. The Balaban J connectivity index is 2.02. The van der Waals surface area contributed by atoms with Crippen molar-refractivity contribution >= 4 is 22.3 Å². The maximum Gasteiger partial charge on any atom is 0.308 e. The minimum absolute atomic E-state index is 0.0267. The van der Waals surface area contributed by atoms with E-state index < -0.39 is 5.97 Å². The van der Waals surface area contributed by atoms with Crippen LogP contribution >= 0.6 is 11.3 Å². The lowest BCUT2D eigenvalue weighted by Gasteiger charge is -2.10. The summed E-state index contributed by atoms with van der Waals surface area (Å²) in [5.41, 5.74) is 3.05. The number of hydrogen-bond donors (Lipinski definition) is 1. The molecule has 0 fully saturated rings. The Morgan fingerprint density at radius 3 is 2.83 bits per heavy atom. The van der Waals surface area contributed by atoms with Gasteiger partial charge in [0.1, 0.15) is 5.75 Å². The third-order valence-electron chi connectivity index (χ3n) is 3.56. The van der Waals surface area contributed by atoms with Gasteiger partial charge in [0.05, 0.1) is 18.7 Å². The molecule has 0 aliphatic rings. The van der Waals surface area contributed by atoms with Gasteiger partial charge < -0.3 is 9.84 Å². The number of nitrogens with zero attached hydrogens (tertiary/aromatic N) is 2. The highest BCUT2D eigenvalue weighted by Gasteiger charge is 2.14. The van der Waals surface area contributed by atoms with E-state index in [0.29, 0.717) is 6.61 Å². The molecule has 6 heteroatoms. The topological polar surface area (TPSA) is 63.8 Å². The summed E-state index contributed by atoms with van der Waals surface area (Å²) >= 11 is 1.40. The van der Waals surface area contributed by atoms with E-state index in [0.717, 1.165) is 33.3 Å². The van der Waals surface area contributed by atoms with Crippen LogP contribution in [0.4, 0.5) is 0 Å². The van der Waals surface area contributed by atoms with Crippen LogP contribution in [0.2, 0.25) is 0 Å². The number of aromatic nitrogens is 2. The normalized spacial score (nSPS) is 11.0. The van der Waals surface area contributed by atoms with Crippen LogP contribution in [0.1, 0.15) is 24.3 Å². The number of imidazole rings is 1. The van der Waals surface area contributed by atoms with Crippen molar-refractivity contribution in [2.24, 2.45) is 0 Å². The van der Waals surface area contributed by atoms with Crippen molar-refractivity contribution in [1.29, 1.82) is 0 Å². The second kappa shape index (κ2) is 6.42. The number of aliphatic carboxylic acids is 1. The highest BCUT2D eigenvalue weighted by Crippen LogP contribution is 2.32. The van der Waals surface area contributed by atoms with Gasteiger partial charge in [-0.15, -0.1) is 11.3 Å². The molecule has 0 spiro atoms. The molecule has 1 aromatic carbocycles. The molecule has 3 aromatic rings. The van der Waals surface area contributed by atoms with Crippen molar-refractivity contribution in [2.45, 2.75) is 26.7 Å². The van der Waals surface area contributed by atoms with Crippen molar-refractivity contribution in [2.75, 3.05) is 6.61 Å². The maximum absolute atomic E-state index is 10.8. The van der Waals surface area contributed by atoms with E-state index >= 15 is 0 Å². The smallest absolute Gasteiger partial charge is 0.308 e. The summed E-state index contributed by atoms with van der Waals surface area (Å²) < 4.78 is 7.60. The first-order valence-electron chi connectivity index (χ1n) is 7.56. The van der Waals surface area contributed by atoms with Gasteiger partial charge in [-0.3, -0.25) is 9.20 Å². The zero-order valence-corrected chi connectivity index (χ0v) is 13.9. The van der Waals surface area contributed by atoms with Gasteiger partial charge >= 0.3 is 5.97 Å². The number of ether oxygens (including phenoxy) is 1. The average molecular weight is 330 g/mol. The van der Waals surface area contributed by atoms with Crippen molar-refractivity contribution in [3.05, 3.63) is 41.0 Å². The highest BCUT2D eigenvalue weighted by molar-refractivity contribution is 7.17. The molecule has 0 saturated carbocycles. The molecule has 0 saturated heterocycles. The monoisotopic (exact) mass is 330 g/mol. The maximum atomic E-state index is 10.8. The number of benzene rings is 1. The number of carboxylic acids is 1. The van der Waals surface area contributed by atoms with Gasteiger partial charge in [-0.05, 0) is 31.0 Å². The summed E-state index contributed by atoms with van der Waals surface area (Å²) in [6, 6.07) is 6.16. The first kappa shape index (κ1) is 15.6. The molecule has 0 aliphatic carbocycles. The summed E-state index contributed by atoms with van der Waals surface area (Å²) in [7, 11) is 0. The fourth-order valence-corrected chi connectivity index (χ4v) is 3.43. The minimum atomic E-state index is -0.830. The number of carboxylic acid groups (broad SMARTS) is 1. The molecular weight excluding hydrogens is 312 g/mol. The molecule has 1 N–H and O–H groups in total. The second-order valence-electron chi connectivity index (χ2n) is 5.20. The van der Waals surface area contributed by atoms with Gasteiger partial charge in [-0.2, -0.15) is 0 Å². The largest absolute Gasteiger partial charge is 0.493 e. The van der Waals surface area contributed by atoms with Crippen molar-refractivity contribution in [3.8, 4) is 17.0 Å². The number of fused-ring (bicyclic) bond motifs is 1. The van der Waals surface area contributed by atoms with Gasteiger partial charge in [-0.1, -0.05) is 13.0 Å². The highest BCUT2D eigenvalue weighted by atomic mass is 32.1. The van der Waals surface area contributed by atoms with Crippen LogP contribution in [-0.2, 0) is 17.6 Å². The van der Waals surface area contributed by atoms with Gasteiger partial charge in [-0.25, -0.2) is 4.98 Å². The van der Waals surface area contributed by atoms with Crippen molar-refractivity contribution in [3.63, 3.8) is 0 Å². The van der Waals surface area contributed by atoms with E-state index in [1.54, 1.807) is 0 Å². The van der Waals surface area contributed by atoms with Crippen LogP contribution in [0, 0.1) is 0 Å². The van der Waals surface area contributed by atoms with Gasteiger partial charge in [0.15, 0.2) is 4.96 Å². The molecule has 120 valence electrons. The fourth-order valence-electron chi connectivity index (χ4n) is 2.48. The van der Waals surface area contributed by atoms with Crippen LogP contribution in [0.3, 0.4) is 0 Å². The third-order valence-corrected chi connectivity index (χ3v) is 4.55. The molecule has 0 amide bonds. The molecule has 0 atom stereocenters. The van der Waals surface area contributed by atoms with E-state index in [1.165, 1.54) is 16.9 Å². The number of thiazole rings is 1. The standard InChI is InChI=1S/C17H18N2O3S/c1-3-11-5-6-15(22-4-2)13(7-11)14-10-19-9-12(8-16(20)21)23-17(19)18-14/h5-7,9-10H,3-4,8H2,1-2H3,(H,20,21). The lowest BCUT2D eigenvalue weighted by atomic mass is 10.1. The number of aryl methyl sites for hydroxylation is 1. The average Bonchev–Trinajstić information content (AvgIpc) is 3.05. The van der Waals surface area contributed by atoms with Gasteiger partial charge in [0, 0.05) is 22.8 Å². The summed E-state index contributed by atoms with van der Waals surface area (Å²) in [4.78, 5) is 17.0. The Morgan fingerprint density at radius 2 is 2.17 bits per heavy atom. The number of rotatable bonds is 6. The Kier molecular flexibility index (Phi) is 4.34. The molecule has 0 bridgehead atoms. The molecular formula is C17H18N2O3S. The van der Waals surface area contributed by atoms with Crippen molar-refractivity contribution in [1.82, 2.24) is 9.38 Å². The lowest BCUT2D eigenvalue weighted by molar-refractivity contribution is -0.136. The van der Waals surface area contributed by atoms with Crippen LogP contribution in [0.15, 0.2) is 30.6 Å². The van der Waals surface area contributed by atoms with Crippen LogP contribution in [-0.4, -0.2) is 27.1 Å². The van der Waals surface area contributed by atoms with Gasteiger partial charge in [0.25, 0.3) is 0 Å². The quantitative estimate of drug-likeness (QED) is 0.749. The van der Waals surface area contributed by atoms with Gasteiger partial charge in [0.2, 0.25) is 0 Å². The van der Waals surface area contributed by atoms with Crippen LogP contribution < -0.4 is 4.74 Å². The Morgan fingerprint density at radius 1 is 1.35 bits per heavy atom. The molecule has 2 heterocycles. The summed E-state index contributed by atoms with van der Waals surface area (Å²) in [5, 5.41) is 8.88. The lowest BCUT2D eigenvalue weighted by Crippen LogP contribution is -1.97. The van der Waals surface area contributed by atoms with E-state index in [9.17, 15) is 4.79 Å². The molecule has 0 unspecified atom stereocenters. The zero-order chi connectivity index (χ0) is 16.4. The predicted molar refractivity (Wildman–Crippen MR) is 90.4 cm³/mol. The Hall–Kier alpha value is -2.34. The predicted octanol–water partition coefficient (Wildman–Crippen LogP) is 3.65. The number of carbonyl (C=O) groups is 1. The Labute approximate surface area is 138 Å². The van der Waals surface area contributed by atoms with E-state index in [4.69, 9.17) is 9.84 Å². The molecule has 5 nitrogen and oxygen atoms in total. The van der Waals surface area contributed by atoms with Crippen LogP contribution in [0.25, 0.3) is 16.2 Å². The van der Waals surface area contributed by atoms with E-state index in [-0.39, 0.29) is 6.42 Å². The Bertz CT molecular complexity index is 819. The van der Waals surface area contributed by atoms with E-state index in [2.05, 4.69) is 24.0 Å².